The number of imide groups is 1. The zero-order valence-corrected chi connectivity index (χ0v) is 17.9. The van der Waals surface area contributed by atoms with Crippen LogP contribution in [0.3, 0.4) is 0 Å². The molecular weight excluding hydrogens is 424 g/mol. The Bertz CT molecular complexity index is 1200. The van der Waals surface area contributed by atoms with Crippen molar-refractivity contribution in [3.8, 4) is 0 Å². The molecule has 9 heteroatoms. The molecule has 33 heavy (non-hydrogen) atoms. The summed E-state index contributed by atoms with van der Waals surface area (Å²) in [6, 6.07) is 14.8. The van der Waals surface area contributed by atoms with Crippen molar-refractivity contribution in [2.45, 2.75) is 19.9 Å². The van der Waals surface area contributed by atoms with Crippen LogP contribution in [-0.4, -0.2) is 35.2 Å². The highest BCUT2D eigenvalue weighted by atomic mass is 16.3. The van der Waals surface area contributed by atoms with Gasteiger partial charge in [0.05, 0.1) is 23.9 Å². The number of hydrogen-bond donors (Lipinski definition) is 3. The summed E-state index contributed by atoms with van der Waals surface area (Å²) in [6.45, 7) is 2.11. The van der Waals surface area contributed by atoms with E-state index in [4.69, 9.17) is 4.42 Å². The first-order valence-electron chi connectivity index (χ1n) is 10.3. The average molecular weight is 446 g/mol. The van der Waals surface area contributed by atoms with Gasteiger partial charge in [0, 0.05) is 24.3 Å². The van der Waals surface area contributed by atoms with E-state index in [0.29, 0.717) is 28.3 Å². The van der Waals surface area contributed by atoms with E-state index in [1.54, 1.807) is 54.6 Å². The van der Waals surface area contributed by atoms with Crippen molar-refractivity contribution in [1.29, 1.82) is 0 Å². The van der Waals surface area contributed by atoms with Gasteiger partial charge in [-0.2, -0.15) is 0 Å². The summed E-state index contributed by atoms with van der Waals surface area (Å²) >= 11 is 0. The van der Waals surface area contributed by atoms with Gasteiger partial charge in [-0.3, -0.25) is 19.3 Å². The Kier molecular flexibility index (Phi) is 6.21. The van der Waals surface area contributed by atoms with Gasteiger partial charge in [0.25, 0.3) is 11.8 Å². The van der Waals surface area contributed by atoms with E-state index in [1.807, 2.05) is 6.92 Å². The number of hydrogen-bond acceptors (Lipinski definition) is 5. The van der Waals surface area contributed by atoms with Crippen LogP contribution in [0, 0.1) is 6.92 Å². The van der Waals surface area contributed by atoms with Gasteiger partial charge >= 0.3 is 6.03 Å². The van der Waals surface area contributed by atoms with E-state index in [0.717, 1.165) is 10.5 Å². The molecule has 2 heterocycles. The number of fused-ring (bicyclic) bond motifs is 1. The Labute approximate surface area is 189 Å². The predicted octanol–water partition coefficient (Wildman–Crippen LogP) is 3.53. The van der Waals surface area contributed by atoms with Gasteiger partial charge in [0.15, 0.2) is 0 Å². The Morgan fingerprint density at radius 1 is 0.909 bits per heavy atom. The van der Waals surface area contributed by atoms with E-state index in [-0.39, 0.29) is 43.3 Å². The van der Waals surface area contributed by atoms with Crippen molar-refractivity contribution in [1.82, 2.24) is 10.2 Å². The van der Waals surface area contributed by atoms with Gasteiger partial charge < -0.3 is 20.4 Å². The van der Waals surface area contributed by atoms with Crippen LogP contribution in [-0.2, 0) is 11.3 Å². The Morgan fingerprint density at radius 3 is 2.30 bits per heavy atom. The van der Waals surface area contributed by atoms with E-state index in [1.165, 1.54) is 6.26 Å². The minimum Gasteiger partial charge on any atom is -0.467 e. The molecule has 5 amide bonds. The largest absolute Gasteiger partial charge is 0.467 e. The minimum atomic E-state index is -0.390. The Hall–Kier alpha value is -4.40. The zero-order valence-electron chi connectivity index (χ0n) is 17.9. The summed E-state index contributed by atoms with van der Waals surface area (Å²) in [5.74, 6) is -0.463. The van der Waals surface area contributed by atoms with Crippen LogP contribution in [0.4, 0.5) is 16.2 Å². The molecular formula is C24H22N4O5. The standard InChI is InChI=1S/C24H22N4O5/c1-15-4-9-19-20(13-15)23(31)28(22(19)30)11-10-21(29)26-16-5-7-17(8-6-16)27-24(32)25-14-18-3-2-12-33-18/h2-9,12-13H,10-11,14H2,1H3,(H,26,29)(H2,25,27,32). The summed E-state index contributed by atoms with van der Waals surface area (Å²) in [6.07, 6.45) is 1.50. The highest BCUT2D eigenvalue weighted by molar-refractivity contribution is 6.21. The second-order valence-corrected chi connectivity index (χ2v) is 7.57. The van der Waals surface area contributed by atoms with Crippen LogP contribution < -0.4 is 16.0 Å². The number of urea groups is 1. The van der Waals surface area contributed by atoms with Crippen molar-refractivity contribution < 1.29 is 23.6 Å². The quantitative estimate of drug-likeness (QED) is 0.480. The summed E-state index contributed by atoms with van der Waals surface area (Å²) in [4.78, 5) is 50.3. The molecule has 4 rings (SSSR count). The van der Waals surface area contributed by atoms with Crippen molar-refractivity contribution in [2.24, 2.45) is 0 Å². The maximum atomic E-state index is 12.5. The molecule has 0 radical (unpaired) electrons. The van der Waals surface area contributed by atoms with Gasteiger partial charge in [-0.05, 0) is 55.5 Å². The fraction of sp³-hybridized carbons (Fsp3) is 0.167. The van der Waals surface area contributed by atoms with Crippen LogP contribution in [0.2, 0.25) is 0 Å². The fourth-order valence-corrected chi connectivity index (χ4v) is 3.44. The number of nitrogens with zero attached hydrogens (tertiary/aromatic N) is 1. The summed E-state index contributed by atoms with van der Waals surface area (Å²) in [5.41, 5.74) is 2.70. The number of nitrogens with one attached hydrogen (secondary N) is 3. The van der Waals surface area contributed by atoms with E-state index >= 15 is 0 Å². The highest BCUT2D eigenvalue weighted by Crippen LogP contribution is 2.24. The van der Waals surface area contributed by atoms with Gasteiger partial charge in [0.1, 0.15) is 5.76 Å². The van der Waals surface area contributed by atoms with Crippen molar-refractivity contribution in [2.75, 3.05) is 17.2 Å². The Balaban J connectivity index is 1.25. The molecule has 0 atom stereocenters. The molecule has 168 valence electrons. The van der Waals surface area contributed by atoms with Crippen LogP contribution in [0.15, 0.2) is 65.3 Å². The number of benzene rings is 2. The second kappa shape index (κ2) is 9.39. The molecule has 3 aromatic rings. The number of rotatable bonds is 7. The van der Waals surface area contributed by atoms with Gasteiger partial charge in [-0.1, -0.05) is 11.6 Å². The van der Waals surface area contributed by atoms with Crippen LogP contribution in [0.5, 0.6) is 0 Å². The molecule has 0 fully saturated rings. The summed E-state index contributed by atoms with van der Waals surface area (Å²) in [5, 5.41) is 8.07. The molecule has 2 aromatic carbocycles. The van der Waals surface area contributed by atoms with Gasteiger partial charge in [0.2, 0.25) is 5.91 Å². The lowest BCUT2D eigenvalue weighted by Gasteiger charge is -2.13. The number of aryl methyl sites for hydroxylation is 1. The maximum absolute atomic E-state index is 12.5. The highest BCUT2D eigenvalue weighted by Gasteiger charge is 2.35. The first kappa shape index (κ1) is 21.8. The third-order valence-electron chi connectivity index (χ3n) is 5.12. The van der Waals surface area contributed by atoms with E-state index in [2.05, 4.69) is 16.0 Å². The molecule has 9 nitrogen and oxygen atoms in total. The van der Waals surface area contributed by atoms with Crippen molar-refractivity contribution >= 4 is 35.1 Å². The number of anilines is 2. The third kappa shape index (κ3) is 5.09. The van der Waals surface area contributed by atoms with Gasteiger partial charge in [-0.15, -0.1) is 0 Å². The zero-order chi connectivity index (χ0) is 23.4. The number of furan rings is 1. The lowest BCUT2D eigenvalue weighted by atomic mass is 10.1. The second-order valence-electron chi connectivity index (χ2n) is 7.57. The number of carbonyl (C=O) groups excluding carboxylic acids is 4. The van der Waals surface area contributed by atoms with E-state index < -0.39 is 0 Å². The molecule has 0 aliphatic carbocycles. The fourth-order valence-electron chi connectivity index (χ4n) is 3.44. The van der Waals surface area contributed by atoms with Crippen molar-refractivity contribution in [3.63, 3.8) is 0 Å². The third-order valence-corrected chi connectivity index (χ3v) is 5.12. The average Bonchev–Trinajstić information content (AvgIpc) is 3.39. The number of carbonyl (C=O) groups is 4. The molecule has 0 saturated carbocycles. The minimum absolute atomic E-state index is 0.00724. The normalized spacial score (nSPS) is 12.5. The molecule has 3 N–H and O–H groups in total. The SMILES string of the molecule is Cc1ccc2c(c1)C(=O)N(CCC(=O)Nc1ccc(NC(=O)NCc3ccco3)cc1)C2=O. The predicted molar refractivity (Wildman–Crippen MR) is 121 cm³/mol. The smallest absolute Gasteiger partial charge is 0.319 e. The lowest BCUT2D eigenvalue weighted by molar-refractivity contribution is -0.116. The van der Waals surface area contributed by atoms with Crippen LogP contribution >= 0.6 is 0 Å². The molecule has 1 aliphatic rings. The Morgan fingerprint density at radius 2 is 1.61 bits per heavy atom. The maximum Gasteiger partial charge on any atom is 0.319 e. The van der Waals surface area contributed by atoms with Gasteiger partial charge in [-0.25, -0.2) is 4.79 Å². The molecule has 1 aliphatic heterocycles. The molecule has 0 unspecified atom stereocenters. The van der Waals surface area contributed by atoms with E-state index in [9.17, 15) is 19.2 Å². The van der Waals surface area contributed by atoms with Crippen molar-refractivity contribution in [3.05, 3.63) is 83.3 Å². The molecule has 0 bridgehead atoms. The van der Waals surface area contributed by atoms with Crippen LogP contribution in [0.25, 0.3) is 0 Å². The van der Waals surface area contributed by atoms with Crippen LogP contribution in [0.1, 0.15) is 38.5 Å². The first-order chi connectivity index (χ1) is 15.9. The summed E-state index contributed by atoms with van der Waals surface area (Å²) < 4.78 is 5.15. The molecule has 0 spiro atoms. The number of amides is 5. The molecule has 1 aromatic heterocycles. The monoisotopic (exact) mass is 446 g/mol. The lowest BCUT2D eigenvalue weighted by Crippen LogP contribution is -2.32. The topological polar surface area (TPSA) is 121 Å². The molecule has 0 saturated heterocycles. The summed E-state index contributed by atoms with van der Waals surface area (Å²) in [7, 11) is 0. The first-order valence-corrected chi connectivity index (χ1v) is 10.3.